The zero-order valence-corrected chi connectivity index (χ0v) is 20.0. The maximum Gasteiger partial charge on any atom is 0.341 e. The van der Waals surface area contributed by atoms with Crippen LogP contribution in [0.5, 0.6) is 0 Å². The van der Waals surface area contributed by atoms with E-state index in [0.717, 1.165) is 27.4 Å². The number of thiophene rings is 1. The minimum absolute atomic E-state index is 0.113. The Kier molecular flexibility index (Phi) is 7.69. The Morgan fingerprint density at radius 3 is 2.55 bits per heavy atom. The van der Waals surface area contributed by atoms with E-state index in [1.807, 2.05) is 39.0 Å². The number of esters is 1. The van der Waals surface area contributed by atoms with Crippen LogP contribution in [-0.2, 0) is 9.53 Å². The lowest BCUT2D eigenvalue weighted by atomic mass is 10.1. The molecule has 0 atom stereocenters. The fourth-order valence-corrected chi connectivity index (χ4v) is 4.73. The van der Waals surface area contributed by atoms with Gasteiger partial charge in [0.1, 0.15) is 5.00 Å². The Bertz CT molecular complexity index is 1110. The summed E-state index contributed by atoms with van der Waals surface area (Å²) in [6.45, 7) is 7.67. The molecular formula is C22H22ClN3O3S2. The maximum absolute atomic E-state index is 12.6. The Labute approximate surface area is 194 Å². The van der Waals surface area contributed by atoms with E-state index in [0.29, 0.717) is 20.7 Å². The van der Waals surface area contributed by atoms with Crippen molar-refractivity contribution in [3.63, 3.8) is 0 Å². The summed E-state index contributed by atoms with van der Waals surface area (Å²) in [6.07, 6.45) is 0. The van der Waals surface area contributed by atoms with Gasteiger partial charge in [0.15, 0.2) is 5.16 Å². The molecule has 31 heavy (non-hydrogen) atoms. The van der Waals surface area contributed by atoms with E-state index in [9.17, 15) is 9.59 Å². The quantitative estimate of drug-likeness (QED) is 0.268. The van der Waals surface area contributed by atoms with Gasteiger partial charge in [0.2, 0.25) is 5.91 Å². The van der Waals surface area contributed by atoms with Gasteiger partial charge in [-0.15, -0.1) is 11.3 Å². The number of ether oxygens (including phenoxy) is 1. The fraction of sp³-hybridized carbons (Fsp3) is 0.273. The predicted octanol–water partition coefficient (Wildman–Crippen LogP) is 5.69. The Morgan fingerprint density at radius 1 is 1.16 bits per heavy atom. The summed E-state index contributed by atoms with van der Waals surface area (Å²) in [4.78, 5) is 34.8. The summed E-state index contributed by atoms with van der Waals surface area (Å²) in [6, 6.07) is 9.28. The van der Waals surface area contributed by atoms with E-state index in [2.05, 4.69) is 15.3 Å². The van der Waals surface area contributed by atoms with E-state index < -0.39 is 5.97 Å². The fourth-order valence-electron chi connectivity index (χ4n) is 2.83. The number of aromatic nitrogens is 2. The van der Waals surface area contributed by atoms with Crippen LogP contribution in [-0.4, -0.2) is 34.2 Å². The number of nitrogens with one attached hydrogen (secondary N) is 1. The second kappa shape index (κ2) is 10.3. The Morgan fingerprint density at radius 2 is 1.87 bits per heavy atom. The van der Waals surface area contributed by atoms with Gasteiger partial charge in [-0.1, -0.05) is 35.5 Å². The van der Waals surface area contributed by atoms with E-state index in [4.69, 9.17) is 16.3 Å². The summed E-state index contributed by atoms with van der Waals surface area (Å²) in [7, 11) is 0. The number of carbonyl (C=O) groups excluding carboxylic acids is 2. The first kappa shape index (κ1) is 23.2. The van der Waals surface area contributed by atoms with Crippen molar-refractivity contribution < 1.29 is 14.3 Å². The highest BCUT2D eigenvalue weighted by Crippen LogP contribution is 2.33. The lowest BCUT2D eigenvalue weighted by Gasteiger charge is -2.08. The van der Waals surface area contributed by atoms with Crippen LogP contribution in [0.25, 0.3) is 11.3 Å². The summed E-state index contributed by atoms with van der Waals surface area (Å²) < 4.78 is 5.13. The van der Waals surface area contributed by atoms with E-state index >= 15 is 0 Å². The van der Waals surface area contributed by atoms with Crippen molar-refractivity contribution in [2.75, 3.05) is 17.7 Å². The predicted molar refractivity (Wildman–Crippen MR) is 126 cm³/mol. The molecule has 0 spiro atoms. The van der Waals surface area contributed by atoms with Crippen molar-refractivity contribution in [3.05, 3.63) is 57.1 Å². The number of anilines is 1. The molecule has 0 bridgehead atoms. The first-order valence-electron chi connectivity index (χ1n) is 9.59. The number of amides is 1. The molecular weight excluding hydrogens is 454 g/mol. The Hall–Kier alpha value is -2.42. The molecule has 1 amide bonds. The standard InChI is InChI=1S/C22H22ClN3O3S2/c1-5-29-21(28)19-13(3)14(4)31-20(19)26-18(27)11-30-22-24-12(2)10-17(25-22)15-6-8-16(23)9-7-15/h6-10H,5,11H2,1-4H3,(H,26,27). The second-order valence-electron chi connectivity index (χ2n) is 6.73. The third-order valence-electron chi connectivity index (χ3n) is 4.42. The molecule has 0 fully saturated rings. The van der Waals surface area contributed by atoms with Crippen LogP contribution >= 0.6 is 34.7 Å². The van der Waals surface area contributed by atoms with Crippen LogP contribution in [0.15, 0.2) is 35.5 Å². The van der Waals surface area contributed by atoms with Gasteiger partial charge in [-0.2, -0.15) is 0 Å². The number of thioether (sulfide) groups is 1. The third-order valence-corrected chi connectivity index (χ3v) is 6.65. The summed E-state index contributed by atoms with van der Waals surface area (Å²) in [5, 5.41) is 4.50. The summed E-state index contributed by atoms with van der Waals surface area (Å²) >= 11 is 8.56. The van der Waals surface area contributed by atoms with E-state index in [-0.39, 0.29) is 18.3 Å². The van der Waals surface area contributed by atoms with E-state index in [1.54, 1.807) is 19.1 Å². The van der Waals surface area contributed by atoms with Crippen molar-refractivity contribution in [3.8, 4) is 11.3 Å². The number of rotatable bonds is 7. The first-order chi connectivity index (χ1) is 14.8. The topological polar surface area (TPSA) is 81.2 Å². The van der Waals surface area contributed by atoms with Crippen molar-refractivity contribution in [1.82, 2.24) is 9.97 Å². The normalized spacial score (nSPS) is 10.7. The van der Waals surface area contributed by atoms with Crippen molar-refractivity contribution in [1.29, 1.82) is 0 Å². The zero-order valence-electron chi connectivity index (χ0n) is 17.6. The number of aryl methyl sites for hydroxylation is 2. The molecule has 2 heterocycles. The van der Waals surface area contributed by atoms with Gasteiger partial charge in [0.25, 0.3) is 0 Å². The van der Waals surface area contributed by atoms with E-state index in [1.165, 1.54) is 23.1 Å². The minimum atomic E-state index is -0.429. The van der Waals surface area contributed by atoms with Crippen LogP contribution in [0.3, 0.4) is 0 Å². The molecule has 0 radical (unpaired) electrons. The SMILES string of the molecule is CCOC(=O)c1c(NC(=O)CSc2nc(C)cc(-c3ccc(Cl)cc3)n2)sc(C)c1C. The summed E-state index contributed by atoms with van der Waals surface area (Å²) in [5.41, 5.74) is 3.73. The largest absolute Gasteiger partial charge is 0.462 e. The zero-order chi connectivity index (χ0) is 22.5. The molecule has 0 aliphatic rings. The smallest absolute Gasteiger partial charge is 0.341 e. The second-order valence-corrected chi connectivity index (χ2v) is 9.33. The van der Waals surface area contributed by atoms with Crippen LogP contribution in [0.4, 0.5) is 5.00 Å². The third kappa shape index (κ3) is 5.84. The highest BCUT2D eigenvalue weighted by Gasteiger charge is 2.22. The first-order valence-corrected chi connectivity index (χ1v) is 11.8. The number of hydrogen-bond donors (Lipinski definition) is 1. The molecule has 1 N–H and O–H groups in total. The molecule has 0 unspecified atom stereocenters. The van der Waals surface area contributed by atoms with Gasteiger partial charge in [0, 0.05) is 21.2 Å². The van der Waals surface area contributed by atoms with Gasteiger partial charge >= 0.3 is 5.97 Å². The molecule has 0 aliphatic heterocycles. The highest BCUT2D eigenvalue weighted by molar-refractivity contribution is 7.99. The monoisotopic (exact) mass is 475 g/mol. The van der Waals surface area contributed by atoms with Crippen LogP contribution in [0, 0.1) is 20.8 Å². The average molecular weight is 476 g/mol. The molecule has 162 valence electrons. The van der Waals surface area contributed by atoms with Crippen LogP contribution < -0.4 is 5.32 Å². The minimum Gasteiger partial charge on any atom is -0.462 e. The molecule has 0 saturated carbocycles. The molecule has 0 aliphatic carbocycles. The highest BCUT2D eigenvalue weighted by atomic mass is 35.5. The molecule has 2 aromatic heterocycles. The average Bonchev–Trinajstić information content (AvgIpc) is 3.00. The molecule has 3 aromatic rings. The van der Waals surface area contributed by atoms with Crippen molar-refractivity contribution in [2.24, 2.45) is 0 Å². The molecule has 0 saturated heterocycles. The number of carbonyl (C=O) groups is 2. The van der Waals surface area contributed by atoms with Gasteiger partial charge in [-0.05, 0) is 51.5 Å². The lowest BCUT2D eigenvalue weighted by molar-refractivity contribution is -0.113. The van der Waals surface area contributed by atoms with Crippen LogP contribution in [0.1, 0.15) is 33.4 Å². The number of nitrogens with zero attached hydrogens (tertiary/aromatic N) is 2. The molecule has 6 nitrogen and oxygen atoms in total. The van der Waals surface area contributed by atoms with Gasteiger partial charge in [-0.25, -0.2) is 14.8 Å². The van der Waals surface area contributed by atoms with Gasteiger partial charge in [0.05, 0.1) is 23.6 Å². The van der Waals surface area contributed by atoms with Crippen molar-refractivity contribution in [2.45, 2.75) is 32.9 Å². The Balaban J connectivity index is 1.71. The number of halogens is 1. The van der Waals surface area contributed by atoms with Crippen LogP contribution in [0.2, 0.25) is 5.02 Å². The van der Waals surface area contributed by atoms with Gasteiger partial charge in [-0.3, -0.25) is 4.79 Å². The molecule has 1 aromatic carbocycles. The summed E-state index contributed by atoms with van der Waals surface area (Å²) in [5.74, 6) is -0.557. The number of benzene rings is 1. The number of hydrogen-bond acceptors (Lipinski definition) is 7. The lowest BCUT2D eigenvalue weighted by Crippen LogP contribution is -2.16. The van der Waals surface area contributed by atoms with Crippen molar-refractivity contribution >= 4 is 51.6 Å². The van der Waals surface area contributed by atoms with Gasteiger partial charge < -0.3 is 10.1 Å². The molecule has 3 rings (SSSR count). The maximum atomic E-state index is 12.6. The molecule has 9 heteroatoms.